The summed E-state index contributed by atoms with van der Waals surface area (Å²) in [5, 5.41) is 11.5. The van der Waals surface area contributed by atoms with Crippen LogP contribution in [0.15, 0.2) is 24.3 Å². The summed E-state index contributed by atoms with van der Waals surface area (Å²) in [5.74, 6) is -1.65. The average molecular weight is 553 g/mol. The summed E-state index contributed by atoms with van der Waals surface area (Å²) in [6, 6.07) is 6.17. The van der Waals surface area contributed by atoms with E-state index in [1.165, 1.54) is 10.6 Å². The Morgan fingerprint density at radius 1 is 1.12 bits per heavy atom. The molecule has 0 radical (unpaired) electrons. The van der Waals surface area contributed by atoms with Gasteiger partial charge in [0.2, 0.25) is 23.6 Å². The minimum Gasteiger partial charge on any atom is -0.384 e. The first kappa shape index (κ1) is 29.1. The molecule has 12 nitrogen and oxygen atoms in total. The van der Waals surface area contributed by atoms with E-state index in [9.17, 15) is 19.2 Å². The zero-order valence-corrected chi connectivity index (χ0v) is 23.0. The molecule has 8 N–H and O–H groups in total. The van der Waals surface area contributed by atoms with Crippen LogP contribution in [0.2, 0.25) is 0 Å². The molecule has 2 aliphatic rings. The van der Waals surface area contributed by atoms with Crippen LogP contribution < -0.4 is 22.5 Å². The standard InChI is InChI=1S/C28H40N8O4/c1-2-35-20(13-17-7-8-18(26(31)32)14-23(17)35)10-9-19-5-3-12-36(19)25(38)16-34-11-4-6-22(28(34)40)33-27(39)21(29)15-24(30)37/h7-8,13-14,19,21-22H,2-6,9-12,15-16,29H2,1H3,(H2,30,37)(H3,31,32)(H,33,39)/t19-,21+,22-/m0/s1. The SMILES string of the molecule is CCn1c(CC[C@@H]2CCCN2C(=O)CN2CCC[C@H](NC(=O)[C@H](N)CC(N)=O)C2=O)cc2ccc(C(=N)N)cc21. The normalized spacial score (nSPS) is 20.1. The Kier molecular flexibility index (Phi) is 9.08. The van der Waals surface area contributed by atoms with Gasteiger partial charge in [-0.1, -0.05) is 12.1 Å². The third kappa shape index (κ3) is 6.44. The summed E-state index contributed by atoms with van der Waals surface area (Å²) in [7, 11) is 0. The Hall–Kier alpha value is -3.93. The van der Waals surface area contributed by atoms with E-state index in [1.807, 2.05) is 23.1 Å². The number of nitrogens with zero attached hydrogens (tertiary/aromatic N) is 3. The van der Waals surface area contributed by atoms with E-state index in [2.05, 4.69) is 22.9 Å². The van der Waals surface area contributed by atoms with Gasteiger partial charge in [-0.3, -0.25) is 24.6 Å². The quantitative estimate of drug-likeness (QED) is 0.195. The average Bonchev–Trinajstić information content (AvgIpc) is 3.52. The van der Waals surface area contributed by atoms with Gasteiger partial charge in [0, 0.05) is 42.5 Å². The Morgan fingerprint density at radius 2 is 1.88 bits per heavy atom. The van der Waals surface area contributed by atoms with Crippen LogP contribution in [0.5, 0.6) is 0 Å². The third-order valence-corrected chi connectivity index (χ3v) is 7.98. The summed E-state index contributed by atoms with van der Waals surface area (Å²) in [4.78, 5) is 53.2. The number of amidine groups is 1. The number of benzene rings is 1. The topological polar surface area (TPSA) is 194 Å². The maximum absolute atomic E-state index is 13.3. The van der Waals surface area contributed by atoms with Gasteiger partial charge in [-0.05, 0) is 63.0 Å². The molecule has 4 rings (SSSR count). The lowest BCUT2D eigenvalue weighted by molar-refractivity contribution is -0.145. The minimum absolute atomic E-state index is 0.0297. The number of fused-ring (bicyclic) bond motifs is 1. The molecule has 2 saturated heterocycles. The molecule has 0 saturated carbocycles. The molecule has 1 aromatic carbocycles. The van der Waals surface area contributed by atoms with Crippen molar-refractivity contribution >= 4 is 40.4 Å². The van der Waals surface area contributed by atoms with E-state index < -0.39 is 23.9 Å². The van der Waals surface area contributed by atoms with Gasteiger partial charge in [-0.15, -0.1) is 0 Å². The summed E-state index contributed by atoms with van der Waals surface area (Å²) >= 11 is 0. The van der Waals surface area contributed by atoms with Crippen LogP contribution in [-0.2, 0) is 32.1 Å². The Bertz CT molecular complexity index is 1300. The van der Waals surface area contributed by atoms with Crippen LogP contribution in [0.4, 0.5) is 0 Å². The van der Waals surface area contributed by atoms with Crippen molar-refractivity contribution in [3.63, 3.8) is 0 Å². The molecule has 3 atom stereocenters. The molecule has 2 fully saturated rings. The molecule has 4 amide bonds. The van der Waals surface area contributed by atoms with Gasteiger partial charge in [0.15, 0.2) is 0 Å². The summed E-state index contributed by atoms with van der Waals surface area (Å²) in [5.41, 5.74) is 19.4. The number of hydrogen-bond donors (Lipinski definition) is 5. The molecule has 1 aromatic heterocycles. The van der Waals surface area contributed by atoms with Crippen molar-refractivity contribution in [1.82, 2.24) is 19.7 Å². The lowest BCUT2D eigenvalue weighted by Gasteiger charge is -2.34. The molecule has 0 spiro atoms. The smallest absolute Gasteiger partial charge is 0.245 e. The van der Waals surface area contributed by atoms with Gasteiger partial charge in [-0.2, -0.15) is 0 Å². The predicted octanol–water partition coefficient (Wildman–Crippen LogP) is 0.179. The zero-order chi connectivity index (χ0) is 29.0. The number of carbonyl (C=O) groups excluding carboxylic acids is 4. The Balaban J connectivity index is 1.36. The fraction of sp³-hybridized carbons (Fsp3) is 0.536. The number of nitrogens with one attached hydrogen (secondary N) is 2. The highest BCUT2D eigenvalue weighted by Gasteiger charge is 2.35. The molecule has 40 heavy (non-hydrogen) atoms. The Labute approximate surface area is 233 Å². The van der Waals surface area contributed by atoms with Crippen molar-refractivity contribution in [1.29, 1.82) is 5.41 Å². The predicted molar refractivity (Wildman–Crippen MR) is 151 cm³/mol. The van der Waals surface area contributed by atoms with E-state index in [0.717, 1.165) is 43.1 Å². The van der Waals surface area contributed by atoms with Crippen molar-refractivity contribution in [2.45, 2.75) is 76.5 Å². The molecule has 2 aliphatic heterocycles. The van der Waals surface area contributed by atoms with Crippen LogP contribution in [0, 0.1) is 5.41 Å². The molecule has 0 unspecified atom stereocenters. The van der Waals surface area contributed by atoms with Crippen molar-refractivity contribution in [3.05, 3.63) is 35.5 Å². The zero-order valence-electron chi connectivity index (χ0n) is 23.0. The van der Waals surface area contributed by atoms with Crippen LogP contribution in [0.3, 0.4) is 0 Å². The van der Waals surface area contributed by atoms with E-state index in [0.29, 0.717) is 31.5 Å². The number of hydrogen-bond acceptors (Lipinski definition) is 6. The maximum Gasteiger partial charge on any atom is 0.245 e. The van der Waals surface area contributed by atoms with Crippen molar-refractivity contribution < 1.29 is 19.2 Å². The van der Waals surface area contributed by atoms with Crippen molar-refractivity contribution in [2.75, 3.05) is 19.6 Å². The number of aryl methyl sites for hydroxylation is 2. The molecule has 12 heteroatoms. The number of likely N-dealkylation sites (tertiary alicyclic amines) is 2. The van der Waals surface area contributed by atoms with Crippen molar-refractivity contribution in [3.8, 4) is 0 Å². The molecular weight excluding hydrogens is 512 g/mol. The molecule has 216 valence electrons. The number of amides is 4. The first-order valence-corrected chi connectivity index (χ1v) is 14.0. The van der Waals surface area contributed by atoms with Gasteiger partial charge in [0.05, 0.1) is 19.0 Å². The molecule has 2 aromatic rings. The largest absolute Gasteiger partial charge is 0.384 e. The summed E-state index contributed by atoms with van der Waals surface area (Å²) in [6.45, 7) is 3.95. The number of rotatable bonds is 11. The fourth-order valence-corrected chi connectivity index (χ4v) is 5.91. The highest BCUT2D eigenvalue weighted by atomic mass is 16.2. The highest BCUT2D eigenvalue weighted by molar-refractivity contribution is 5.99. The van der Waals surface area contributed by atoms with Gasteiger partial charge in [-0.25, -0.2) is 0 Å². The molecule has 0 aliphatic carbocycles. The monoisotopic (exact) mass is 552 g/mol. The number of piperidine rings is 1. The number of aromatic nitrogens is 1. The first-order valence-electron chi connectivity index (χ1n) is 14.0. The summed E-state index contributed by atoms with van der Waals surface area (Å²) in [6.07, 6.45) is 4.23. The molecule has 0 bridgehead atoms. The number of nitrogen functional groups attached to an aromatic ring is 1. The Morgan fingerprint density at radius 3 is 2.58 bits per heavy atom. The van der Waals surface area contributed by atoms with E-state index in [1.54, 1.807) is 0 Å². The first-order chi connectivity index (χ1) is 19.1. The van der Waals surface area contributed by atoms with Crippen LogP contribution in [-0.4, -0.2) is 81.6 Å². The second kappa shape index (κ2) is 12.5. The third-order valence-electron chi connectivity index (χ3n) is 7.98. The van der Waals surface area contributed by atoms with E-state index in [4.69, 9.17) is 22.6 Å². The second-order valence-corrected chi connectivity index (χ2v) is 10.7. The number of primary amides is 1. The maximum atomic E-state index is 13.3. The van der Waals surface area contributed by atoms with E-state index in [-0.39, 0.29) is 36.7 Å². The lowest BCUT2D eigenvalue weighted by Crippen LogP contribution is -2.57. The van der Waals surface area contributed by atoms with Gasteiger partial charge < -0.3 is 36.9 Å². The highest BCUT2D eigenvalue weighted by Crippen LogP contribution is 2.26. The van der Waals surface area contributed by atoms with E-state index >= 15 is 0 Å². The molecular formula is C28H40N8O4. The van der Waals surface area contributed by atoms with Gasteiger partial charge in [0.25, 0.3) is 0 Å². The van der Waals surface area contributed by atoms with Gasteiger partial charge in [0.1, 0.15) is 11.9 Å². The van der Waals surface area contributed by atoms with Crippen LogP contribution >= 0.6 is 0 Å². The summed E-state index contributed by atoms with van der Waals surface area (Å²) < 4.78 is 2.24. The number of carbonyl (C=O) groups is 4. The van der Waals surface area contributed by atoms with Crippen molar-refractivity contribution in [2.24, 2.45) is 17.2 Å². The van der Waals surface area contributed by atoms with Crippen LogP contribution in [0.25, 0.3) is 10.9 Å². The number of nitrogens with two attached hydrogens (primary N) is 3. The fourth-order valence-electron chi connectivity index (χ4n) is 5.91. The minimum atomic E-state index is -1.12. The van der Waals surface area contributed by atoms with Gasteiger partial charge >= 0.3 is 0 Å². The lowest BCUT2D eigenvalue weighted by atomic mass is 10.0. The molecule has 3 heterocycles. The van der Waals surface area contributed by atoms with Crippen LogP contribution in [0.1, 0.15) is 56.7 Å². The second-order valence-electron chi connectivity index (χ2n) is 10.7.